The third-order valence-electron chi connectivity index (χ3n) is 3.36. The minimum atomic E-state index is -0.256. The number of rotatable bonds is 2. The van der Waals surface area contributed by atoms with Crippen LogP contribution in [0.3, 0.4) is 0 Å². The lowest BCUT2D eigenvalue weighted by Gasteiger charge is -2.28. The molecule has 1 aromatic rings. The first-order valence-corrected chi connectivity index (χ1v) is 7.13. The van der Waals surface area contributed by atoms with E-state index in [4.69, 9.17) is 23.2 Å². The lowest BCUT2D eigenvalue weighted by atomic mass is 10.1. The highest BCUT2D eigenvalue weighted by atomic mass is 35.5. The Hall–Kier alpha value is -0.840. The van der Waals surface area contributed by atoms with Gasteiger partial charge in [-0.05, 0) is 25.0 Å². The molecule has 6 heteroatoms. The Balaban J connectivity index is 2.27. The van der Waals surface area contributed by atoms with Gasteiger partial charge in [0.05, 0.1) is 17.7 Å². The summed E-state index contributed by atoms with van der Waals surface area (Å²) in [6, 6.07) is 2.95. The molecule has 0 saturated carbocycles. The van der Waals surface area contributed by atoms with Crippen molar-refractivity contribution in [1.82, 2.24) is 9.88 Å². The summed E-state index contributed by atoms with van der Waals surface area (Å²) in [6.07, 6.45) is 3.82. The molecule has 0 radical (unpaired) electrons. The minimum absolute atomic E-state index is 0.0378. The van der Waals surface area contributed by atoms with Crippen LogP contribution in [0.1, 0.15) is 36.2 Å². The largest absolute Gasteiger partial charge is 0.394 e. The molecule has 1 unspecified atom stereocenters. The van der Waals surface area contributed by atoms with E-state index in [0.29, 0.717) is 6.54 Å². The van der Waals surface area contributed by atoms with Gasteiger partial charge in [-0.1, -0.05) is 36.0 Å². The zero-order chi connectivity index (χ0) is 13.8. The van der Waals surface area contributed by atoms with Crippen LogP contribution in [-0.2, 0) is 0 Å². The monoisotopic (exact) mass is 302 g/mol. The highest BCUT2D eigenvalue weighted by molar-refractivity contribution is 6.34. The minimum Gasteiger partial charge on any atom is -0.394 e. The van der Waals surface area contributed by atoms with Crippen molar-refractivity contribution in [1.29, 1.82) is 0 Å². The summed E-state index contributed by atoms with van der Waals surface area (Å²) in [6.45, 7) is 0.582. The van der Waals surface area contributed by atoms with Crippen molar-refractivity contribution in [2.75, 3.05) is 13.2 Å². The molecule has 1 aliphatic rings. The molecule has 2 rings (SSSR count). The zero-order valence-corrected chi connectivity index (χ0v) is 12.0. The second kappa shape index (κ2) is 6.55. The van der Waals surface area contributed by atoms with Gasteiger partial charge in [-0.15, -0.1) is 0 Å². The normalized spacial score (nSPS) is 20.2. The van der Waals surface area contributed by atoms with Crippen LogP contribution >= 0.6 is 23.2 Å². The Morgan fingerprint density at radius 1 is 1.37 bits per heavy atom. The second-order valence-corrected chi connectivity index (χ2v) is 5.44. The number of carbonyl (C=O) groups excluding carboxylic acids is 1. The van der Waals surface area contributed by atoms with Gasteiger partial charge in [0.15, 0.2) is 0 Å². The van der Waals surface area contributed by atoms with Crippen molar-refractivity contribution in [2.24, 2.45) is 0 Å². The number of hydrogen-bond donors (Lipinski definition) is 1. The maximum absolute atomic E-state index is 12.5. The summed E-state index contributed by atoms with van der Waals surface area (Å²) >= 11 is 11.8. The molecule has 1 fully saturated rings. The Morgan fingerprint density at radius 3 is 2.89 bits per heavy atom. The molecule has 1 amide bonds. The quantitative estimate of drug-likeness (QED) is 0.855. The number of amides is 1. The SMILES string of the molecule is O=C(c1nc(Cl)ccc1Cl)N1CCCCCC1CO. The number of aliphatic hydroxyl groups is 1. The molecule has 0 spiro atoms. The molecule has 1 aromatic heterocycles. The van der Waals surface area contributed by atoms with E-state index in [1.807, 2.05) is 0 Å². The van der Waals surface area contributed by atoms with E-state index in [1.54, 1.807) is 17.0 Å². The van der Waals surface area contributed by atoms with Gasteiger partial charge in [0.2, 0.25) is 0 Å². The van der Waals surface area contributed by atoms with E-state index in [-0.39, 0.29) is 34.4 Å². The van der Waals surface area contributed by atoms with Crippen LogP contribution in [0.15, 0.2) is 12.1 Å². The predicted molar refractivity (Wildman–Crippen MR) is 74.6 cm³/mol. The molecular weight excluding hydrogens is 287 g/mol. The summed E-state index contributed by atoms with van der Waals surface area (Å²) in [4.78, 5) is 18.2. The third kappa shape index (κ3) is 3.38. The lowest BCUT2D eigenvalue weighted by Crippen LogP contribution is -2.42. The number of hydrogen-bond acceptors (Lipinski definition) is 3. The van der Waals surface area contributed by atoms with Crippen LogP contribution in [0.4, 0.5) is 0 Å². The highest BCUT2D eigenvalue weighted by Gasteiger charge is 2.28. The average molecular weight is 303 g/mol. The average Bonchev–Trinajstić information content (AvgIpc) is 2.65. The number of halogens is 2. The fraction of sp³-hybridized carbons (Fsp3) is 0.538. The van der Waals surface area contributed by atoms with Gasteiger partial charge >= 0.3 is 0 Å². The van der Waals surface area contributed by atoms with Crippen molar-refractivity contribution < 1.29 is 9.90 Å². The lowest BCUT2D eigenvalue weighted by molar-refractivity contribution is 0.0594. The highest BCUT2D eigenvalue weighted by Crippen LogP contribution is 2.23. The number of aromatic nitrogens is 1. The van der Waals surface area contributed by atoms with Gasteiger partial charge in [-0.25, -0.2) is 4.98 Å². The fourth-order valence-electron chi connectivity index (χ4n) is 2.34. The first-order chi connectivity index (χ1) is 9.13. The molecule has 1 N–H and O–H groups in total. The molecule has 4 nitrogen and oxygen atoms in total. The third-order valence-corrected chi connectivity index (χ3v) is 3.88. The topological polar surface area (TPSA) is 53.4 Å². The molecule has 104 valence electrons. The summed E-state index contributed by atoms with van der Waals surface area (Å²) in [5.41, 5.74) is 0.162. The maximum Gasteiger partial charge on any atom is 0.274 e. The molecule has 2 heterocycles. The van der Waals surface area contributed by atoms with Gasteiger partial charge in [0.1, 0.15) is 10.8 Å². The fourth-order valence-corrected chi connectivity index (χ4v) is 2.67. The van der Waals surface area contributed by atoms with Gasteiger partial charge in [-0.3, -0.25) is 4.79 Å². The number of aliphatic hydroxyl groups excluding tert-OH is 1. The summed E-state index contributed by atoms with van der Waals surface area (Å²) in [5.74, 6) is -0.256. The van der Waals surface area contributed by atoms with E-state index in [2.05, 4.69) is 4.98 Å². The maximum atomic E-state index is 12.5. The van der Waals surface area contributed by atoms with Crippen LogP contribution in [0, 0.1) is 0 Å². The van der Waals surface area contributed by atoms with Gasteiger partial charge in [-0.2, -0.15) is 0 Å². The summed E-state index contributed by atoms with van der Waals surface area (Å²) in [5, 5.41) is 9.96. The molecule has 1 aliphatic heterocycles. The van der Waals surface area contributed by atoms with Crippen molar-refractivity contribution in [3.8, 4) is 0 Å². The van der Waals surface area contributed by atoms with Crippen molar-refractivity contribution >= 4 is 29.1 Å². The molecule has 0 bridgehead atoms. The zero-order valence-electron chi connectivity index (χ0n) is 10.5. The van der Waals surface area contributed by atoms with Gasteiger partial charge < -0.3 is 10.0 Å². The molecule has 0 aromatic carbocycles. The van der Waals surface area contributed by atoms with Crippen LogP contribution < -0.4 is 0 Å². The number of carbonyl (C=O) groups is 1. The predicted octanol–water partition coefficient (Wildman–Crippen LogP) is 2.77. The molecular formula is C13H16Cl2N2O2. The second-order valence-electron chi connectivity index (χ2n) is 4.65. The summed E-state index contributed by atoms with van der Waals surface area (Å²) < 4.78 is 0. The van der Waals surface area contributed by atoms with Gasteiger partial charge in [0, 0.05) is 6.54 Å². The molecule has 1 saturated heterocycles. The Bertz CT molecular complexity index is 468. The van der Waals surface area contributed by atoms with E-state index in [9.17, 15) is 9.90 Å². The molecule has 19 heavy (non-hydrogen) atoms. The summed E-state index contributed by atoms with van der Waals surface area (Å²) in [7, 11) is 0. The molecule has 0 aliphatic carbocycles. The van der Waals surface area contributed by atoms with E-state index in [0.717, 1.165) is 25.7 Å². The number of likely N-dealkylation sites (tertiary alicyclic amines) is 1. The van der Waals surface area contributed by atoms with Crippen molar-refractivity contribution in [3.05, 3.63) is 28.0 Å². The van der Waals surface area contributed by atoms with Crippen LogP contribution in [0.5, 0.6) is 0 Å². The van der Waals surface area contributed by atoms with E-state index >= 15 is 0 Å². The van der Waals surface area contributed by atoms with Crippen LogP contribution in [0.2, 0.25) is 10.2 Å². The molecule has 1 atom stereocenters. The Kier molecular flexibility index (Phi) is 5.02. The Labute approximate surface area is 122 Å². The van der Waals surface area contributed by atoms with Crippen molar-refractivity contribution in [3.63, 3.8) is 0 Å². The standard InChI is InChI=1S/C13H16Cl2N2O2/c14-10-5-6-11(15)16-12(10)13(19)17-7-3-1-2-4-9(17)8-18/h5-6,9,18H,1-4,7-8H2. The number of pyridine rings is 1. The van der Waals surface area contributed by atoms with Crippen molar-refractivity contribution in [2.45, 2.75) is 31.7 Å². The van der Waals surface area contributed by atoms with Gasteiger partial charge in [0.25, 0.3) is 5.91 Å². The van der Waals surface area contributed by atoms with Crippen LogP contribution in [-0.4, -0.2) is 40.1 Å². The Morgan fingerprint density at radius 2 is 2.16 bits per heavy atom. The first-order valence-electron chi connectivity index (χ1n) is 6.37. The smallest absolute Gasteiger partial charge is 0.274 e. The van der Waals surface area contributed by atoms with E-state index in [1.165, 1.54) is 0 Å². The van der Waals surface area contributed by atoms with Crippen LogP contribution in [0.25, 0.3) is 0 Å². The van der Waals surface area contributed by atoms with E-state index < -0.39 is 0 Å². The first kappa shape index (κ1) is 14.6. The number of nitrogens with zero attached hydrogens (tertiary/aromatic N) is 2.